The lowest BCUT2D eigenvalue weighted by molar-refractivity contribution is -0.111. The fourth-order valence-electron chi connectivity index (χ4n) is 3.25. The Labute approximate surface area is 160 Å². The van der Waals surface area contributed by atoms with Crippen LogP contribution in [0.5, 0.6) is 0 Å². The molecule has 1 N–H and O–H groups in total. The maximum atomic E-state index is 12.9. The van der Waals surface area contributed by atoms with Gasteiger partial charge < -0.3 is 10.2 Å². The molecule has 1 saturated heterocycles. The number of hydrogen-bond donors (Lipinski definition) is 1. The summed E-state index contributed by atoms with van der Waals surface area (Å²) in [6.45, 7) is 3.60. The molecule has 2 aromatic rings. The summed E-state index contributed by atoms with van der Waals surface area (Å²) in [5.74, 6) is -0.248. The first-order valence-corrected chi connectivity index (χ1v) is 9.57. The number of para-hydroxylation sites is 1. The number of anilines is 1. The maximum Gasteiger partial charge on any atom is 0.255 e. The van der Waals surface area contributed by atoms with Gasteiger partial charge >= 0.3 is 0 Å². The van der Waals surface area contributed by atoms with Gasteiger partial charge in [0.05, 0.1) is 11.3 Å². The number of carbonyl (C=O) groups excluding carboxylic acids is 2. The number of amides is 2. The molecule has 1 heterocycles. The summed E-state index contributed by atoms with van der Waals surface area (Å²) in [5, 5.41) is 2.85. The zero-order valence-electron chi connectivity index (χ0n) is 15.8. The van der Waals surface area contributed by atoms with Crippen LogP contribution in [-0.2, 0) is 4.79 Å². The number of aryl methyl sites for hydroxylation is 1. The number of rotatable bonds is 4. The summed E-state index contributed by atoms with van der Waals surface area (Å²) in [7, 11) is 0. The lowest BCUT2D eigenvalue weighted by Crippen LogP contribution is -2.32. The number of benzene rings is 2. The zero-order valence-corrected chi connectivity index (χ0v) is 15.8. The summed E-state index contributed by atoms with van der Waals surface area (Å²) in [6.07, 6.45) is 7.70. The molecule has 0 bridgehead atoms. The fourth-order valence-corrected chi connectivity index (χ4v) is 3.25. The minimum Gasteiger partial charge on any atom is -0.339 e. The minimum absolute atomic E-state index is 0.00434. The van der Waals surface area contributed by atoms with Crippen molar-refractivity contribution in [1.29, 1.82) is 0 Å². The summed E-state index contributed by atoms with van der Waals surface area (Å²) in [6, 6.07) is 15.2. The highest BCUT2D eigenvalue weighted by Gasteiger charge is 2.20. The van der Waals surface area contributed by atoms with Crippen LogP contribution in [0.2, 0.25) is 0 Å². The van der Waals surface area contributed by atoms with Crippen molar-refractivity contribution < 1.29 is 9.59 Å². The van der Waals surface area contributed by atoms with Crippen molar-refractivity contribution >= 4 is 23.6 Å². The standard InChI is InChI=1S/C23H26N2O2/c1-18-10-12-19(13-11-18)14-15-22(26)24-21-9-5-4-8-20(21)23(27)25-16-6-2-3-7-17-25/h4-5,8-15H,2-3,6-7,16-17H2,1H3,(H,24,26)/b15-14+. The maximum absolute atomic E-state index is 12.9. The van der Waals surface area contributed by atoms with Crippen LogP contribution in [0.4, 0.5) is 5.69 Å². The molecule has 0 spiro atoms. The van der Waals surface area contributed by atoms with Crippen molar-refractivity contribution in [3.05, 3.63) is 71.3 Å². The smallest absolute Gasteiger partial charge is 0.255 e. The highest BCUT2D eigenvalue weighted by molar-refractivity contribution is 6.07. The number of likely N-dealkylation sites (tertiary alicyclic amines) is 1. The lowest BCUT2D eigenvalue weighted by atomic mass is 10.1. The van der Waals surface area contributed by atoms with E-state index in [-0.39, 0.29) is 11.8 Å². The van der Waals surface area contributed by atoms with Gasteiger partial charge in [0.15, 0.2) is 0 Å². The summed E-state index contributed by atoms with van der Waals surface area (Å²) in [5.41, 5.74) is 3.25. The van der Waals surface area contributed by atoms with Crippen LogP contribution in [0, 0.1) is 6.92 Å². The number of hydrogen-bond acceptors (Lipinski definition) is 2. The molecule has 0 aromatic heterocycles. The molecule has 4 nitrogen and oxygen atoms in total. The third-order valence-corrected chi connectivity index (χ3v) is 4.81. The number of carbonyl (C=O) groups is 2. The van der Waals surface area contributed by atoms with Gasteiger partial charge in [0, 0.05) is 19.2 Å². The Hall–Kier alpha value is -2.88. The van der Waals surface area contributed by atoms with Crippen LogP contribution in [0.25, 0.3) is 6.08 Å². The van der Waals surface area contributed by atoms with Crippen molar-refractivity contribution in [2.45, 2.75) is 32.6 Å². The average molecular weight is 362 g/mol. The second-order valence-electron chi connectivity index (χ2n) is 6.99. The van der Waals surface area contributed by atoms with Gasteiger partial charge in [0.2, 0.25) is 5.91 Å². The van der Waals surface area contributed by atoms with Gasteiger partial charge in [-0.2, -0.15) is 0 Å². The van der Waals surface area contributed by atoms with Gasteiger partial charge in [-0.15, -0.1) is 0 Å². The number of nitrogens with zero attached hydrogens (tertiary/aromatic N) is 1. The first-order chi connectivity index (χ1) is 13.1. The molecule has 0 radical (unpaired) electrons. The highest BCUT2D eigenvalue weighted by Crippen LogP contribution is 2.20. The molecule has 140 valence electrons. The van der Waals surface area contributed by atoms with Crippen LogP contribution >= 0.6 is 0 Å². The van der Waals surface area contributed by atoms with Crippen molar-refractivity contribution in [3.63, 3.8) is 0 Å². The van der Waals surface area contributed by atoms with Crippen molar-refractivity contribution in [2.75, 3.05) is 18.4 Å². The van der Waals surface area contributed by atoms with Crippen LogP contribution < -0.4 is 5.32 Å². The molecule has 1 aliphatic rings. The topological polar surface area (TPSA) is 49.4 Å². The Morgan fingerprint density at radius 1 is 0.926 bits per heavy atom. The van der Waals surface area contributed by atoms with Gasteiger partial charge in [-0.05, 0) is 43.5 Å². The average Bonchev–Trinajstić information content (AvgIpc) is 2.97. The van der Waals surface area contributed by atoms with E-state index in [1.807, 2.05) is 48.2 Å². The van der Waals surface area contributed by atoms with Gasteiger partial charge in [-0.1, -0.05) is 54.8 Å². The molecule has 0 saturated carbocycles. The van der Waals surface area contributed by atoms with Gasteiger partial charge in [0.1, 0.15) is 0 Å². The van der Waals surface area contributed by atoms with Gasteiger partial charge in [-0.25, -0.2) is 0 Å². The van der Waals surface area contributed by atoms with E-state index in [1.165, 1.54) is 24.5 Å². The van der Waals surface area contributed by atoms with Crippen molar-refractivity contribution in [3.8, 4) is 0 Å². The van der Waals surface area contributed by atoms with E-state index in [0.717, 1.165) is 31.5 Å². The predicted octanol–water partition coefficient (Wildman–Crippen LogP) is 4.66. The summed E-state index contributed by atoms with van der Waals surface area (Å²) < 4.78 is 0. The van der Waals surface area contributed by atoms with E-state index in [4.69, 9.17) is 0 Å². The van der Waals surface area contributed by atoms with Gasteiger partial charge in [-0.3, -0.25) is 9.59 Å². The Morgan fingerprint density at radius 2 is 1.59 bits per heavy atom. The summed E-state index contributed by atoms with van der Waals surface area (Å²) in [4.78, 5) is 27.2. The first kappa shape index (κ1) is 18.9. The monoisotopic (exact) mass is 362 g/mol. The Morgan fingerprint density at radius 3 is 2.30 bits per heavy atom. The fraction of sp³-hybridized carbons (Fsp3) is 0.304. The molecule has 2 amide bonds. The second kappa shape index (κ2) is 9.17. The zero-order chi connectivity index (χ0) is 19.1. The Balaban J connectivity index is 1.70. The predicted molar refractivity (Wildman–Crippen MR) is 110 cm³/mol. The molecule has 0 atom stereocenters. The molecule has 2 aromatic carbocycles. The summed E-state index contributed by atoms with van der Waals surface area (Å²) >= 11 is 0. The quantitative estimate of drug-likeness (QED) is 0.804. The van der Waals surface area contributed by atoms with Crippen LogP contribution in [0.3, 0.4) is 0 Å². The molecule has 1 aliphatic heterocycles. The molecule has 1 fully saturated rings. The van der Waals surface area contributed by atoms with E-state index in [0.29, 0.717) is 11.3 Å². The lowest BCUT2D eigenvalue weighted by Gasteiger charge is -2.21. The largest absolute Gasteiger partial charge is 0.339 e. The van der Waals surface area contributed by atoms with Crippen molar-refractivity contribution in [1.82, 2.24) is 4.90 Å². The van der Waals surface area contributed by atoms with Crippen LogP contribution in [0.15, 0.2) is 54.6 Å². The van der Waals surface area contributed by atoms with E-state index >= 15 is 0 Å². The highest BCUT2D eigenvalue weighted by atomic mass is 16.2. The molecular formula is C23H26N2O2. The number of nitrogens with one attached hydrogen (secondary N) is 1. The molecule has 4 heteroatoms. The van der Waals surface area contributed by atoms with Crippen molar-refractivity contribution in [2.24, 2.45) is 0 Å². The molecule has 3 rings (SSSR count). The first-order valence-electron chi connectivity index (χ1n) is 9.57. The normalized spacial score (nSPS) is 14.8. The molecule has 0 aliphatic carbocycles. The van der Waals surface area contributed by atoms with Crippen LogP contribution in [-0.4, -0.2) is 29.8 Å². The van der Waals surface area contributed by atoms with E-state index < -0.39 is 0 Å². The van der Waals surface area contributed by atoms with Crippen LogP contribution in [0.1, 0.15) is 47.2 Å². The van der Waals surface area contributed by atoms with E-state index in [9.17, 15) is 9.59 Å². The molecule has 27 heavy (non-hydrogen) atoms. The molecule has 0 unspecified atom stereocenters. The third-order valence-electron chi connectivity index (χ3n) is 4.81. The van der Waals surface area contributed by atoms with E-state index in [2.05, 4.69) is 5.32 Å². The Kier molecular flexibility index (Phi) is 6.42. The Bertz CT molecular complexity index is 817. The second-order valence-corrected chi connectivity index (χ2v) is 6.99. The SMILES string of the molecule is Cc1ccc(/C=C/C(=O)Nc2ccccc2C(=O)N2CCCCCC2)cc1. The minimum atomic E-state index is -0.244. The van der Waals surface area contributed by atoms with Gasteiger partial charge in [0.25, 0.3) is 5.91 Å². The third kappa shape index (κ3) is 5.30. The van der Waals surface area contributed by atoms with E-state index in [1.54, 1.807) is 18.2 Å². The molecular weight excluding hydrogens is 336 g/mol.